The van der Waals surface area contributed by atoms with E-state index in [4.69, 9.17) is 21.6 Å². The summed E-state index contributed by atoms with van der Waals surface area (Å²) in [6.45, 7) is 10.3. The summed E-state index contributed by atoms with van der Waals surface area (Å²) in [5, 5.41) is 15.2. The Morgan fingerprint density at radius 1 is 0.978 bits per heavy atom. The van der Waals surface area contributed by atoms with Gasteiger partial charge in [-0.3, -0.25) is 0 Å². The minimum Gasteiger partial charge on any atom is -0.508 e. The highest BCUT2D eigenvalue weighted by Crippen LogP contribution is 2.49. The van der Waals surface area contributed by atoms with Crippen molar-refractivity contribution >= 4 is 22.6 Å². The van der Waals surface area contributed by atoms with Gasteiger partial charge in [-0.15, -0.1) is 0 Å². The molecule has 2 bridgehead atoms. The molecule has 2 aliphatic heterocycles. The number of aromatic hydroxyl groups is 1. The van der Waals surface area contributed by atoms with Crippen LogP contribution in [0.25, 0.3) is 28.0 Å². The zero-order chi connectivity index (χ0) is 31.7. The molecule has 236 valence electrons. The predicted octanol–water partition coefficient (Wildman–Crippen LogP) is 7.49. The molecule has 3 aliphatic rings. The van der Waals surface area contributed by atoms with Crippen molar-refractivity contribution in [3.05, 3.63) is 68.5 Å². The molecule has 7 rings (SSSR count). The first-order valence-electron chi connectivity index (χ1n) is 16.3. The summed E-state index contributed by atoms with van der Waals surface area (Å²) in [5.41, 5.74) is 3.64. The lowest BCUT2D eigenvalue weighted by Gasteiger charge is -2.27. The highest BCUT2D eigenvalue weighted by Gasteiger charge is 2.38. The number of phenolic OH excluding ortho intramolecular Hbond substituents is 1. The molecule has 10 heteroatoms. The van der Waals surface area contributed by atoms with Crippen LogP contribution in [0.2, 0.25) is 5.02 Å². The molecule has 3 fully saturated rings. The minimum atomic E-state index is -0.544. The van der Waals surface area contributed by atoms with Gasteiger partial charge in [0.25, 0.3) is 0 Å². The second-order valence-corrected chi connectivity index (χ2v) is 14.4. The highest BCUT2D eigenvalue weighted by atomic mass is 35.5. The van der Waals surface area contributed by atoms with Gasteiger partial charge in [0, 0.05) is 34.0 Å². The van der Waals surface area contributed by atoms with E-state index >= 15 is 4.39 Å². The van der Waals surface area contributed by atoms with E-state index in [-0.39, 0.29) is 41.0 Å². The summed E-state index contributed by atoms with van der Waals surface area (Å²) < 4.78 is 18.0. The van der Waals surface area contributed by atoms with E-state index in [0.717, 1.165) is 44.1 Å². The number of fused-ring (bicyclic) bond motifs is 3. The van der Waals surface area contributed by atoms with Gasteiger partial charge in [-0.1, -0.05) is 46.2 Å². The zero-order valence-corrected chi connectivity index (χ0v) is 27.2. The van der Waals surface area contributed by atoms with E-state index in [1.54, 1.807) is 0 Å². The third-order valence-electron chi connectivity index (χ3n) is 9.97. The third kappa shape index (κ3) is 5.31. The van der Waals surface area contributed by atoms with Crippen LogP contribution >= 0.6 is 11.6 Å². The molecule has 8 nitrogen and oxygen atoms in total. The Hall–Kier alpha value is -3.43. The maximum Gasteiger partial charge on any atom is 0.354 e. The first-order valence-corrected chi connectivity index (χ1v) is 16.7. The van der Waals surface area contributed by atoms with Crippen LogP contribution in [0.1, 0.15) is 119 Å². The number of phenols is 1. The molecule has 1 aliphatic carbocycles. The molecule has 45 heavy (non-hydrogen) atoms. The first-order chi connectivity index (χ1) is 21.5. The normalized spacial score (nSPS) is 23.3. The molecule has 3 unspecified atom stereocenters. The molecule has 0 amide bonds. The number of hydrogen-bond donors (Lipinski definition) is 2. The summed E-state index contributed by atoms with van der Waals surface area (Å²) in [6.07, 6.45) is 7.41. The maximum absolute atomic E-state index is 16.5. The fourth-order valence-corrected chi connectivity index (χ4v) is 8.06. The van der Waals surface area contributed by atoms with E-state index < -0.39 is 11.5 Å². The number of nitrogens with zero attached hydrogens (tertiary/aromatic N) is 5. The first kappa shape index (κ1) is 30.2. The van der Waals surface area contributed by atoms with Crippen LogP contribution in [-0.2, 0) is 0 Å². The second-order valence-electron chi connectivity index (χ2n) is 14.0. The Morgan fingerprint density at radius 3 is 2.29 bits per heavy atom. The maximum atomic E-state index is 16.5. The topological polar surface area (TPSA) is 106 Å². The molecule has 0 spiro atoms. The Morgan fingerprint density at radius 2 is 1.64 bits per heavy atom. The monoisotopic (exact) mass is 630 g/mol. The Bertz CT molecular complexity index is 1840. The molecule has 1 aromatic carbocycles. The van der Waals surface area contributed by atoms with Gasteiger partial charge in [0.15, 0.2) is 5.65 Å². The lowest BCUT2D eigenvalue weighted by Crippen LogP contribution is -2.30. The van der Waals surface area contributed by atoms with Gasteiger partial charge in [-0.2, -0.15) is 4.98 Å². The van der Waals surface area contributed by atoms with Crippen molar-refractivity contribution in [2.24, 2.45) is 5.92 Å². The molecular formula is C35H40ClFN6O2. The number of pyridine rings is 1. The molecular weight excluding hydrogens is 591 g/mol. The van der Waals surface area contributed by atoms with E-state index in [2.05, 4.69) is 22.2 Å². The van der Waals surface area contributed by atoms with Gasteiger partial charge in [-0.25, -0.2) is 28.7 Å². The SMILES string of the molecule is CC(C)c1ncnc(C(C)C)c1-n1c(=O)nc(C2CC3CCC(C[C@H]2C)N3)c2cc(F)c(-c3cc(O)cc(Cl)c3C3CC3)nc21. The van der Waals surface area contributed by atoms with E-state index in [9.17, 15) is 9.90 Å². The number of rotatable bonds is 6. The number of hydrogen-bond acceptors (Lipinski definition) is 7. The van der Waals surface area contributed by atoms with Crippen LogP contribution in [0, 0.1) is 11.7 Å². The number of aromatic nitrogens is 5. The van der Waals surface area contributed by atoms with Crippen LogP contribution in [0.15, 0.2) is 29.3 Å². The summed E-state index contributed by atoms with van der Waals surface area (Å²) in [6, 6.07) is 5.29. The van der Waals surface area contributed by atoms with Crippen LogP contribution in [0.3, 0.4) is 0 Å². The smallest absolute Gasteiger partial charge is 0.354 e. The van der Waals surface area contributed by atoms with Crippen molar-refractivity contribution in [3.63, 3.8) is 0 Å². The Kier molecular flexibility index (Phi) is 7.68. The molecule has 2 N–H and O–H groups in total. The number of halogens is 2. The predicted molar refractivity (Wildman–Crippen MR) is 174 cm³/mol. The van der Waals surface area contributed by atoms with Gasteiger partial charge in [0.2, 0.25) is 0 Å². The molecule has 1 saturated carbocycles. The van der Waals surface area contributed by atoms with Gasteiger partial charge in [-0.05, 0) is 86.0 Å². The molecule has 2 saturated heterocycles. The van der Waals surface area contributed by atoms with Crippen molar-refractivity contribution < 1.29 is 9.50 Å². The minimum absolute atomic E-state index is 0.0307. The van der Waals surface area contributed by atoms with Crippen LogP contribution in [0.4, 0.5) is 4.39 Å². The van der Waals surface area contributed by atoms with Crippen molar-refractivity contribution in [1.82, 2.24) is 29.8 Å². The summed E-state index contributed by atoms with van der Waals surface area (Å²) in [7, 11) is 0. The van der Waals surface area contributed by atoms with Crippen molar-refractivity contribution in [2.45, 2.75) is 109 Å². The van der Waals surface area contributed by atoms with Gasteiger partial charge >= 0.3 is 5.69 Å². The molecule has 5 heterocycles. The highest BCUT2D eigenvalue weighted by molar-refractivity contribution is 6.32. The van der Waals surface area contributed by atoms with Crippen LogP contribution < -0.4 is 11.0 Å². The van der Waals surface area contributed by atoms with Crippen LogP contribution in [-0.4, -0.2) is 41.7 Å². The Labute approximate surface area is 267 Å². The average Bonchev–Trinajstić information content (AvgIpc) is 3.74. The molecule has 3 aromatic heterocycles. The molecule has 4 atom stereocenters. The standard InChI is InChI=1S/C35H40ClFN6O2/c1-16(2)29-33(30(17(3)4)39-15-38-29)43-34-25(31(42-35(43)45)23-11-21-9-8-20(40-21)10-18(23)5)14-27(37)32(41-34)24-12-22(44)13-26(36)28(24)19-6-7-19/h12-21,23,40,44H,6-11H2,1-5H3/t18-,20?,21?,23?/m1/s1. The fourth-order valence-electron chi connectivity index (χ4n) is 7.69. The summed E-state index contributed by atoms with van der Waals surface area (Å²) in [4.78, 5) is 33.4. The largest absolute Gasteiger partial charge is 0.508 e. The summed E-state index contributed by atoms with van der Waals surface area (Å²) in [5.74, 6) is -0.304. The van der Waals surface area contributed by atoms with E-state index in [1.807, 2.05) is 27.7 Å². The van der Waals surface area contributed by atoms with Crippen LogP contribution in [0.5, 0.6) is 5.75 Å². The fraction of sp³-hybridized carbons (Fsp3) is 0.514. The third-order valence-corrected chi connectivity index (χ3v) is 10.3. The van der Waals surface area contributed by atoms with Gasteiger partial charge < -0.3 is 10.4 Å². The summed E-state index contributed by atoms with van der Waals surface area (Å²) >= 11 is 6.65. The molecule has 4 aromatic rings. The quantitative estimate of drug-likeness (QED) is 0.227. The van der Waals surface area contributed by atoms with Gasteiger partial charge in [0.1, 0.15) is 23.6 Å². The van der Waals surface area contributed by atoms with Crippen molar-refractivity contribution in [1.29, 1.82) is 0 Å². The second kappa shape index (κ2) is 11.4. The zero-order valence-electron chi connectivity index (χ0n) is 26.4. The average molecular weight is 631 g/mol. The van der Waals surface area contributed by atoms with Gasteiger partial charge in [0.05, 0.1) is 22.8 Å². The number of benzene rings is 1. The lowest BCUT2D eigenvalue weighted by atomic mass is 9.80. The van der Waals surface area contributed by atoms with Crippen molar-refractivity contribution in [3.8, 4) is 22.7 Å². The van der Waals surface area contributed by atoms with Crippen molar-refractivity contribution in [2.75, 3.05) is 0 Å². The van der Waals surface area contributed by atoms with E-state index in [0.29, 0.717) is 56.5 Å². The Balaban J connectivity index is 1.57. The number of nitrogens with one attached hydrogen (secondary N) is 1. The lowest BCUT2D eigenvalue weighted by molar-refractivity contribution is 0.376. The molecule has 0 radical (unpaired) electrons. The van der Waals surface area contributed by atoms with E-state index in [1.165, 1.54) is 29.1 Å².